The summed E-state index contributed by atoms with van der Waals surface area (Å²) in [7, 11) is -3.69. The summed E-state index contributed by atoms with van der Waals surface area (Å²) in [5.41, 5.74) is 6.35. The van der Waals surface area contributed by atoms with Gasteiger partial charge >= 0.3 is 0 Å². The molecule has 104 valence electrons. The van der Waals surface area contributed by atoms with Gasteiger partial charge in [0.1, 0.15) is 0 Å². The Labute approximate surface area is 112 Å². The molecule has 1 amide bonds. The van der Waals surface area contributed by atoms with Crippen LogP contribution in [0.5, 0.6) is 0 Å². The largest absolute Gasteiger partial charge is 0.351 e. The maximum atomic E-state index is 11.5. The highest BCUT2D eigenvalue weighted by molar-refractivity contribution is 7.89. The lowest BCUT2D eigenvalue weighted by molar-refractivity contribution is -0.122. The molecule has 0 radical (unpaired) electrons. The highest BCUT2D eigenvalue weighted by atomic mass is 32.2. The van der Waals surface area contributed by atoms with Crippen molar-refractivity contribution in [2.75, 3.05) is 0 Å². The molecular formula is C12H17N3O3S. The zero-order valence-electron chi connectivity index (χ0n) is 10.4. The van der Waals surface area contributed by atoms with Gasteiger partial charge in [-0.2, -0.15) is 0 Å². The Morgan fingerprint density at radius 2 is 1.95 bits per heavy atom. The molecule has 6 nitrogen and oxygen atoms in total. The smallest absolute Gasteiger partial charge is 0.238 e. The standard InChI is InChI=1S/C12H17N3O3S/c1-2-3-11(13)12(16)15-8-9-4-6-10(7-5-9)19(14,17)18/h2,4-7,11H,1,3,8,13H2,(H,15,16)(H2,14,17,18). The van der Waals surface area contributed by atoms with Gasteiger partial charge in [0.2, 0.25) is 15.9 Å². The van der Waals surface area contributed by atoms with Crippen molar-refractivity contribution in [1.29, 1.82) is 0 Å². The minimum atomic E-state index is -3.69. The molecule has 0 aliphatic rings. The van der Waals surface area contributed by atoms with Crippen molar-refractivity contribution in [3.05, 3.63) is 42.5 Å². The molecule has 7 heteroatoms. The van der Waals surface area contributed by atoms with E-state index in [1.807, 2.05) is 0 Å². The third kappa shape index (κ3) is 4.82. The van der Waals surface area contributed by atoms with Crippen LogP contribution in [0.15, 0.2) is 41.8 Å². The molecule has 0 aromatic heterocycles. The monoisotopic (exact) mass is 283 g/mol. The first kappa shape index (κ1) is 15.4. The molecule has 1 aromatic carbocycles. The molecule has 1 unspecified atom stereocenters. The van der Waals surface area contributed by atoms with E-state index < -0.39 is 16.1 Å². The predicted octanol–water partition coefficient (Wildman–Crippen LogP) is -0.146. The van der Waals surface area contributed by atoms with E-state index in [2.05, 4.69) is 11.9 Å². The number of amides is 1. The van der Waals surface area contributed by atoms with Crippen molar-refractivity contribution in [2.24, 2.45) is 10.9 Å². The van der Waals surface area contributed by atoms with Crippen LogP contribution in [-0.2, 0) is 21.4 Å². The average molecular weight is 283 g/mol. The number of hydrogen-bond donors (Lipinski definition) is 3. The highest BCUT2D eigenvalue weighted by Crippen LogP contribution is 2.08. The number of nitrogens with one attached hydrogen (secondary N) is 1. The summed E-state index contributed by atoms with van der Waals surface area (Å²) < 4.78 is 22.1. The van der Waals surface area contributed by atoms with E-state index in [0.717, 1.165) is 5.56 Å². The van der Waals surface area contributed by atoms with Crippen LogP contribution in [0.2, 0.25) is 0 Å². The quantitative estimate of drug-likeness (QED) is 0.630. The van der Waals surface area contributed by atoms with Crippen LogP contribution >= 0.6 is 0 Å². The summed E-state index contributed by atoms with van der Waals surface area (Å²) >= 11 is 0. The number of carbonyl (C=O) groups is 1. The van der Waals surface area contributed by atoms with Crippen LogP contribution < -0.4 is 16.2 Å². The summed E-state index contributed by atoms with van der Waals surface area (Å²) in [5.74, 6) is -0.282. The van der Waals surface area contributed by atoms with Gasteiger partial charge in [0.25, 0.3) is 0 Å². The van der Waals surface area contributed by atoms with E-state index in [1.165, 1.54) is 12.1 Å². The highest BCUT2D eigenvalue weighted by Gasteiger charge is 2.11. The zero-order valence-corrected chi connectivity index (χ0v) is 11.2. The Bertz CT molecular complexity index is 552. The summed E-state index contributed by atoms with van der Waals surface area (Å²) in [6.07, 6.45) is 1.97. The first-order valence-electron chi connectivity index (χ1n) is 5.60. The van der Waals surface area contributed by atoms with Gasteiger partial charge < -0.3 is 11.1 Å². The van der Waals surface area contributed by atoms with Gasteiger partial charge in [-0.3, -0.25) is 4.79 Å². The fourth-order valence-corrected chi connectivity index (χ4v) is 1.92. The van der Waals surface area contributed by atoms with Crippen LogP contribution in [0, 0.1) is 0 Å². The summed E-state index contributed by atoms with van der Waals surface area (Å²) in [4.78, 5) is 11.6. The molecule has 0 saturated carbocycles. The molecular weight excluding hydrogens is 266 g/mol. The molecule has 5 N–H and O–H groups in total. The van der Waals surface area contributed by atoms with Crippen LogP contribution in [-0.4, -0.2) is 20.4 Å². The molecule has 0 aliphatic heterocycles. The molecule has 19 heavy (non-hydrogen) atoms. The molecule has 1 aromatic rings. The summed E-state index contributed by atoms with van der Waals surface area (Å²) in [5, 5.41) is 7.63. The van der Waals surface area contributed by atoms with E-state index in [-0.39, 0.29) is 17.3 Å². The molecule has 0 saturated heterocycles. The molecule has 0 spiro atoms. The molecule has 0 aliphatic carbocycles. The fraction of sp³-hybridized carbons (Fsp3) is 0.250. The van der Waals surface area contributed by atoms with Crippen molar-refractivity contribution in [3.8, 4) is 0 Å². The summed E-state index contributed by atoms with van der Waals surface area (Å²) in [6.45, 7) is 3.78. The summed E-state index contributed by atoms with van der Waals surface area (Å²) in [6, 6.07) is 5.32. The van der Waals surface area contributed by atoms with Crippen molar-refractivity contribution in [2.45, 2.75) is 23.9 Å². The lowest BCUT2D eigenvalue weighted by atomic mass is 10.2. The Balaban J connectivity index is 2.60. The number of sulfonamides is 1. The Morgan fingerprint density at radius 1 is 1.37 bits per heavy atom. The molecule has 1 rings (SSSR count). The minimum absolute atomic E-state index is 0.0333. The van der Waals surface area contributed by atoms with Gasteiger partial charge in [0.15, 0.2) is 0 Å². The van der Waals surface area contributed by atoms with Crippen molar-refractivity contribution < 1.29 is 13.2 Å². The Hall–Kier alpha value is -1.70. The number of hydrogen-bond acceptors (Lipinski definition) is 4. The van der Waals surface area contributed by atoms with Crippen LogP contribution in [0.3, 0.4) is 0 Å². The van der Waals surface area contributed by atoms with Crippen molar-refractivity contribution in [1.82, 2.24) is 5.32 Å². The topological polar surface area (TPSA) is 115 Å². The second-order valence-corrected chi connectivity index (χ2v) is 5.60. The van der Waals surface area contributed by atoms with Crippen LogP contribution in [0.1, 0.15) is 12.0 Å². The number of primary sulfonamides is 1. The Kier molecular flexibility index (Phi) is 5.22. The van der Waals surface area contributed by atoms with Crippen molar-refractivity contribution in [3.63, 3.8) is 0 Å². The molecule has 0 bridgehead atoms. The number of carbonyl (C=O) groups excluding carboxylic acids is 1. The Morgan fingerprint density at radius 3 is 2.42 bits per heavy atom. The maximum absolute atomic E-state index is 11.5. The van der Waals surface area contributed by atoms with Crippen LogP contribution in [0.4, 0.5) is 0 Å². The van der Waals surface area contributed by atoms with Gasteiger partial charge in [-0.1, -0.05) is 18.2 Å². The molecule has 1 atom stereocenters. The third-order valence-corrected chi connectivity index (χ3v) is 3.41. The van der Waals surface area contributed by atoms with E-state index in [4.69, 9.17) is 10.9 Å². The third-order valence-electron chi connectivity index (χ3n) is 2.48. The average Bonchev–Trinajstić information content (AvgIpc) is 2.35. The minimum Gasteiger partial charge on any atom is -0.351 e. The van der Waals surface area contributed by atoms with E-state index in [0.29, 0.717) is 6.42 Å². The predicted molar refractivity (Wildman–Crippen MR) is 72.5 cm³/mol. The molecule has 0 fully saturated rings. The first-order valence-corrected chi connectivity index (χ1v) is 7.15. The van der Waals surface area contributed by atoms with Gasteiger partial charge in [-0.25, -0.2) is 13.6 Å². The van der Waals surface area contributed by atoms with Crippen molar-refractivity contribution >= 4 is 15.9 Å². The fourth-order valence-electron chi connectivity index (χ4n) is 1.40. The van der Waals surface area contributed by atoms with Gasteiger partial charge in [-0.05, 0) is 24.1 Å². The van der Waals surface area contributed by atoms with Gasteiger partial charge in [0, 0.05) is 6.54 Å². The van der Waals surface area contributed by atoms with E-state index in [9.17, 15) is 13.2 Å². The maximum Gasteiger partial charge on any atom is 0.238 e. The van der Waals surface area contributed by atoms with Crippen LogP contribution in [0.25, 0.3) is 0 Å². The lowest BCUT2D eigenvalue weighted by Crippen LogP contribution is -2.39. The second kappa shape index (κ2) is 6.46. The molecule has 0 heterocycles. The number of nitrogens with two attached hydrogens (primary N) is 2. The SMILES string of the molecule is C=CCC(N)C(=O)NCc1ccc(S(N)(=O)=O)cc1. The lowest BCUT2D eigenvalue weighted by Gasteiger charge is -2.10. The van der Waals surface area contributed by atoms with Gasteiger partial charge in [0.05, 0.1) is 10.9 Å². The number of rotatable bonds is 6. The van der Waals surface area contributed by atoms with E-state index >= 15 is 0 Å². The zero-order chi connectivity index (χ0) is 14.5. The van der Waals surface area contributed by atoms with Gasteiger partial charge in [-0.15, -0.1) is 6.58 Å². The normalized spacial score (nSPS) is 12.7. The second-order valence-electron chi connectivity index (χ2n) is 4.04. The first-order chi connectivity index (χ1) is 8.84. The van der Waals surface area contributed by atoms with E-state index in [1.54, 1.807) is 18.2 Å². The number of benzene rings is 1.